The van der Waals surface area contributed by atoms with Crippen molar-refractivity contribution in [2.24, 2.45) is 0 Å². The Hall–Kier alpha value is -1.98. The van der Waals surface area contributed by atoms with E-state index in [9.17, 15) is 0 Å². The molecule has 2 unspecified atom stereocenters. The summed E-state index contributed by atoms with van der Waals surface area (Å²) in [6.07, 6.45) is 2.07. The molecule has 0 N–H and O–H groups in total. The third-order valence-corrected chi connectivity index (χ3v) is 4.93. The Balaban J connectivity index is 1.94. The minimum atomic E-state index is -0.184. The second kappa shape index (κ2) is 2.95. The first kappa shape index (κ1) is 10.9. The van der Waals surface area contributed by atoms with Gasteiger partial charge in [-0.1, -0.05) is 0 Å². The molecule has 0 aromatic carbocycles. The van der Waals surface area contributed by atoms with Crippen LogP contribution in [0, 0.1) is 22.7 Å². The zero-order chi connectivity index (χ0) is 13.4. The molecule has 0 amide bonds. The maximum absolute atomic E-state index is 9.06. The standard InChI is InChI=1S/C14H12N4O/c1-13(2)14(19-13)7-3-4-8(14)12-11(7)17-9(5-15)10(6-16)18-12/h7-8H,3-4H2,1-2H3. The zero-order valence-corrected chi connectivity index (χ0v) is 10.8. The average Bonchev–Trinajstić information content (AvgIpc) is 2.70. The van der Waals surface area contributed by atoms with Crippen molar-refractivity contribution < 1.29 is 4.74 Å². The lowest BCUT2D eigenvalue weighted by atomic mass is 9.85. The van der Waals surface area contributed by atoms with Crippen molar-refractivity contribution in [3.8, 4) is 12.1 Å². The fourth-order valence-electron chi connectivity index (χ4n) is 4.19. The first-order chi connectivity index (χ1) is 9.05. The summed E-state index contributed by atoms with van der Waals surface area (Å²) in [6.45, 7) is 4.20. The third-order valence-electron chi connectivity index (χ3n) is 4.93. The molecule has 2 aliphatic carbocycles. The molecule has 94 valence electrons. The van der Waals surface area contributed by atoms with Crippen LogP contribution in [0.1, 0.15) is 61.3 Å². The second-order valence-electron chi connectivity index (χ2n) is 6.00. The van der Waals surface area contributed by atoms with Gasteiger partial charge in [-0.3, -0.25) is 0 Å². The molecule has 3 aliphatic rings. The molecular weight excluding hydrogens is 240 g/mol. The summed E-state index contributed by atoms with van der Waals surface area (Å²) in [5, 5.41) is 18.1. The van der Waals surface area contributed by atoms with E-state index in [0.717, 1.165) is 24.2 Å². The van der Waals surface area contributed by atoms with E-state index in [2.05, 4.69) is 23.8 Å². The van der Waals surface area contributed by atoms with Crippen LogP contribution in [0.2, 0.25) is 0 Å². The Kier molecular flexibility index (Phi) is 1.69. The number of nitriles is 2. The summed E-state index contributed by atoms with van der Waals surface area (Å²) >= 11 is 0. The molecule has 19 heavy (non-hydrogen) atoms. The van der Waals surface area contributed by atoms with Crippen LogP contribution in [0.3, 0.4) is 0 Å². The first-order valence-electron chi connectivity index (χ1n) is 6.47. The lowest BCUT2D eigenvalue weighted by Crippen LogP contribution is -2.24. The molecule has 2 bridgehead atoms. The van der Waals surface area contributed by atoms with Crippen LogP contribution in [0.4, 0.5) is 0 Å². The van der Waals surface area contributed by atoms with E-state index >= 15 is 0 Å². The fraction of sp³-hybridized carbons (Fsp3) is 0.571. The van der Waals surface area contributed by atoms with Gasteiger partial charge in [-0.15, -0.1) is 0 Å². The minimum Gasteiger partial charge on any atom is -0.362 e. The summed E-state index contributed by atoms with van der Waals surface area (Å²) in [5.41, 5.74) is 1.72. The van der Waals surface area contributed by atoms with Crippen molar-refractivity contribution in [2.45, 2.75) is 49.7 Å². The monoisotopic (exact) mass is 252 g/mol. The predicted molar refractivity (Wildman–Crippen MR) is 64.1 cm³/mol. The van der Waals surface area contributed by atoms with Crippen LogP contribution in [0.25, 0.3) is 0 Å². The van der Waals surface area contributed by atoms with Crippen LogP contribution < -0.4 is 0 Å². The van der Waals surface area contributed by atoms with Crippen molar-refractivity contribution in [3.05, 3.63) is 22.8 Å². The Bertz CT molecular complexity index is 646. The summed E-state index contributed by atoms with van der Waals surface area (Å²) in [5.74, 6) is 0.463. The van der Waals surface area contributed by atoms with Gasteiger partial charge in [0.25, 0.3) is 0 Å². The van der Waals surface area contributed by atoms with Crippen molar-refractivity contribution in [3.63, 3.8) is 0 Å². The van der Waals surface area contributed by atoms with Crippen molar-refractivity contribution >= 4 is 0 Å². The molecule has 1 spiro atoms. The molecule has 4 rings (SSSR count). The molecule has 1 saturated carbocycles. The highest BCUT2D eigenvalue weighted by atomic mass is 16.6. The smallest absolute Gasteiger partial charge is 0.177 e. The van der Waals surface area contributed by atoms with Gasteiger partial charge in [0.1, 0.15) is 17.7 Å². The summed E-state index contributed by atoms with van der Waals surface area (Å²) < 4.78 is 6.02. The molecule has 1 aliphatic heterocycles. The van der Waals surface area contributed by atoms with Crippen LogP contribution in [-0.2, 0) is 4.74 Å². The maximum Gasteiger partial charge on any atom is 0.177 e. The van der Waals surface area contributed by atoms with Gasteiger partial charge in [0.05, 0.1) is 17.0 Å². The highest BCUT2D eigenvalue weighted by Crippen LogP contribution is 2.73. The van der Waals surface area contributed by atoms with Gasteiger partial charge in [0.15, 0.2) is 11.4 Å². The highest BCUT2D eigenvalue weighted by Gasteiger charge is 2.78. The van der Waals surface area contributed by atoms with Gasteiger partial charge in [0, 0.05) is 11.8 Å². The molecular formula is C14H12N4O. The first-order valence-corrected chi connectivity index (χ1v) is 6.47. The lowest BCUT2D eigenvalue weighted by molar-refractivity contribution is 0.259. The molecule has 2 fully saturated rings. The molecule has 1 aromatic heterocycles. The second-order valence-corrected chi connectivity index (χ2v) is 6.00. The number of rotatable bonds is 0. The van der Waals surface area contributed by atoms with E-state index in [4.69, 9.17) is 15.3 Å². The number of hydrogen-bond donors (Lipinski definition) is 0. The average molecular weight is 252 g/mol. The maximum atomic E-state index is 9.06. The van der Waals surface area contributed by atoms with Crippen LogP contribution >= 0.6 is 0 Å². The SMILES string of the molecule is CC1(C)OC12C1CCC2c2nc(C#N)c(C#N)nc21. The molecule has 1 saturated heterocycles. The van der Waals surface area contributed by atoms with Crippen molar-refractivity contribution in [2.75, 3.05) is 0 Å². The van der Waals surface area contributed by atoms with Gasteiger partial charge in [-0.25, -0.2) is 9.97 Å². The van der Waals surface area contributed by atoms with Gasteiger partial charge in [-0.05, 0) is 26.7 Å². The summed E-state index contributed by atoms with van der Waals surface area (Å²) in [4.78, 5) is 8.80. The van der Waals surface area contributed by atoms with Crippen LogP contribution in [0.5, 0.6) is 0 Å². The number of epoxide rings is 1. The number of nitrogens with zero attached hydrogens (tertiary/aromatic N) is 4. The molecule has 2 atom stereocenters. The molecule has 0 radical (unpaired) electrons. The number of ether oxygens (including phenoxy) is 1. The quantitative estimate of drug-likeness (QED) is 0.656. The summed E-state index contributed by atoms with van der Waals surface area (Å²) in [7, 11) is 0. The predicted octanol–water partition coefficient (Wildman–Crippen LogP) is 1.74. The van der Waals surface area contributed by atoms with Gasteiger partial charge >= 0.3 is 0 Å². The highest BCUT2D eigenvalue weighted by molar-refractivity contribution is 5.49. The number of fused-ring (bicyclic) bond motifs is 3. The van der Waals surface area contributed by atoms with Crippen molar-refractivity contribution in [1.29, 1.82) is 10.5 Å². The van der Waals surface area contributed by atoms with E-state index in [-0.39, 0.29) is 34.4 Å². The van der Waals surface area contributed by atoms with Gasteiger partial charge in [-0.2, -0.15) is 10.5 Å². The van der Waals surface area contributed by atoms with E-state index in [1.165, 1.54) is 0 Å². The van der Waals surface area contributed by atoms with E-state index in [1.807, 2.05) is 12.1 Å². The normalized spacial score (nSPS) is 35.8. The van der Waals surface area contributed by atoms with Crippen LogP contribution in [0.15, 0.2) is 0 Å². The molecule has 2 heterocycles. The fourth-order valence-corrected chi connectivity index (χ4v) is 4.19. The molecule has 5 heteroatoms. The Morgan fingerprint density at radius 1 is 1.05 bits per heavy atom. The zero-order valence-electron chi connectivity index (χ0n) is 10.8. The molecule has 1 aromatic rings. The third kappa shape index (κ3) is 1.00. The van der Waals surface area contributed by atoms with E-state index in [0.29, 0.717) is 0 Å². The Labute approximate surface area is 110 Å². The number of aromatic nitrogens is 2. The summed E-state index contributed by atoms with van der Waals surface area (Å²) in [6, 6.07) is 3.93. The lowest BCUT2D eigenvalue weighted by Gasteiger charge is -2.12. The van der Waals surface area contributed by atoms with E-state index in [1.54, 1.807) is 0 Å². The van der Waals surface area contributed by atoms with Crippen LogP contribution in [-0.4, -0.2) is 21.2 Å². The topological polar surface area (TPSA) is 85.9 Å². The van der Waals surface area contributed by atoms with Gasteiger partial charge in [0.2, 0.25) is 0 Å². The van der Waals surface area contributed by atoms with E-state index < -0.39 is 0 Å². The largest absolute Gasteiger partial charge is 0.362 e. The number of hydrogen-bond acceptors (Lipinski definition) is 5. The van der Waals surface area contributed by atoms with Gasteiger partial charge < -0.3 is 4.74 Å². The Morgan fingerprint density at radius 3 is 1.79 bits per heavy atom. The molecule has 5 nitrogen and oxygen atoms in total. The Morgan fingerprint density at radius 2 is 1.47 bits per heavy atom. The minimum absolute atomic E-state index is 0.141. The van der Waals surface area contributed by atoms with Crippen molar-refractivity contribution in [1.82, 2.24) is 9.97 Å².